The van der Waals surface area contributed by atoms with Crippen LogP contribution < -0.4 is 9.64 Å². The van der Waals surface area contributed by atoms with E-state index in [1.807, 2.05) is 19.1 Å². The van der Waals surface area contributed by atoms with Crippen molar-refractivity contribution >= 4 is 46.3 Å². The fraction of sp³-hybridized carbons (Fsp3) is 0.130. The molecule has 1 fully saturated rings. The first-order valence-electron chi connectivity index (χ1n) is 9.28. The van der Waals surface area contributed by atoms with E-state index in [9.17, 15) is 14.7 Å². The number of aryl methyl sites for hydroxylation is 1. The number of carbonyl (C=O) groups is 2. The van der Waals surface area contributed by atoms with Gasteiger partial charge in [0.2, 0.25) is 0 Å². The first-order valence-corrected chi connectivity index (χ1v) is 10.0. The number of furan rings is 1. The maximum Gasteiger partial charge on any atom is 0.300 e. The molecule has 4 rings (SSSR count). The van der Waals surface area contributed by atoms with Crippen molar-refractivity contribution in [2.24, 2.45) is 0 Å². The monoisotopic (exact) mass is 457 g/mol. The minimum atomic E-state index is -0.961. The predicted octanol–water partition coefficient (Wildman–Crippen LogP) is 5.53. The number of carbonyl (C=O) groups excluding carboxylic acids is 2. The van der Waals surface area contributed by atoms with Gasteiger partial charge in [-0.1, -0.05) is 40.9 Å². The molecule has 3 aromatic rings. The summed E-state index contributed by atoms with van der Waals surface area (Å²) in [6, 6.07) is 12.3. The molecule has 6 nitrogen and oxygen atoms in total. The largest absolute Gasteiger partial charge is 0.507 e. The Morgan fingerprint density at radius 3 is 2.29 bits per heavy atom. The molecule has 1 saturated heterocycles. The number of ketones is 1. The Hall–Kier alpha value is -3.22. The molecule has 0 aliphatic carbocycles. The minimum Gasteiger partial charge on any atom is -0.507 e. The third kappa shape index (κ3) is 3.58. The van der Waals surface area contributed by atoms with Crippen molar-refractivity contribution < 1.29 is 23.8 Å². The highest BCUT2D eigenvalue weighted by Crippen LogP contribution is 2.43. The number of anilines is 1. The second-order valence-corrected chi connectivity index (χ2v) is 7.81. The zero-order chi connectivity index (χ0) is 22.3. The molecule has 1 atom stereocenters. The van der Waals surface area contributed by atoms with Gasteiger partial charge in [-0.05, 0) is 43.3 Å². The van der Waals surface area contributed by atoms with Crippen LogP contribution in [0.4, 0.5) is 5.69 Å². The standard InChI is InChI=1S/C23H17Cl2NO5/c1-12-5-7-14(8-6-12)26-19(17-4-3-9-31-17)18(21(28)23(26)29)20(27)13-10-15(24)22(30-2)16(25)11-13/h3-11,19,27H,1-2H3/b20-18-. The number of nitrogens with zero attached hydrogens (tertiary/aromatic N) is 1. The predicted molar refractivity (Wildman–Crippen MR) is 118 cm³/mol. The van der Waals surface area contributed by atoms with E-state index >= 15 is 0 Å². The van der Waals surface area contributed by atoms with Crippen LogP contribution >= 0.6 is 23.2 Å². The Morgan fingerprint density at radius 1 is 1.10 bits per heavy atom. The normalized spacial score (nSPS) is 17.9. The lowest BCUT2D eigenvalue weighted by molar-refractivity contribution is -0.132. The Balaban J connectivity index is 1.92. The molecule has 0 saturated carbocycles. The quantitative estimate of drug-likeness (QED) is 0.316. The highest BCUT2D eigenvalue weighted by Gasteiger charge is 2.48. The molecule has 1 unspecified atom stereocenters. The maximum absolute atomic E-state index is 13.0. The van der Waals surface area contributed by atoms with Crippen molar-refractivity contribution in [1.82, 2.24) is 0 Å². The summed E-state index contributed by atoms with van der Waals surface area (Å²) in [6.07, 6.45) is 1.44. The Morgan fingerprint density at radius 2 is 1.74 bits per heavy atom. The molecule has 31 heavy (non-hydrogen) atoms. The molecule has 2 aromatic carbocycles. The Kier molecular flexibility index (Phi) is 5.52. The highest BCUT2D eigenvalue weighted by molar-refractivity contribution is 6.51. The number of Topliss-reactive ketones (excluding diaryl/α,β-unsaturated/α-hetero) is 1. The van der Waals surface area contributed by atoms with Gasteiger partial charge in [-0.2, -0.15) is 0 Å². The molecular formula is C23H17Cl2NO5. The van der Waals surface area contributed by atoms with E-state index in [0.717, 1.165) is 5.56 Å². The van der Waals surface area contributed by atoms with Gasteiger partial charge < -0.3 is 14.3 Å². The molecule has 0 spiro atoms. The van der Waals surface area contributed by atoms with E-state index < -0.39 is 23.5 Å². The average molecular weight is 458 g/mol. The topological polar surface area (TPSA) is 80.0 Å². The van der Waals surface area contributed by atoms with E-state index in [2.05, 4.69) is 0 Å². The number of benzene rings is 2. The molecule has 8 heteroatoms. The van der Waals surface area contributed by atoms with Crippen LogP contribution in [0.15, 0.2) is 64.8 Å². The number of halogens is 2. The van der Waals surface area contributed by atoms with Crippen molar-refractivity contribution in [2.75, 3.05) is 12.0 Å². The Bertz CT molecular complexity index is 1180. The van der Waals surface area contributed by atoms with Crippen molar-refractivity contribution in [3.05, 3.63) is 87.3 Å². The molecular weight excluding hydrogens is 441 g/mol. The fourth-order valence-corrected chi connectivity index (χ4v) is 4.21. The fourth-order valence-electron chi connectivity index (χ4n) is 3.57. The molecule has 1 amide bonds. The van der Waals surface area contributed by atoms with Crippen LogP contribution in [0.1, 0.15) is 22.9 Å². The number of ether oxygens (including phenoxy) is 1. The van der Waals surface area contributed by atoms with Gasteiger partial charge in [-0.3, -0.25) is 14.5 Å². The lowest BCUT2D eigenvalue weighted by Crippen LogP contribution is -2.29. The zero-order valence-electron chi connectivity index (χ0n) is 16.6. The van der Waals surface area contributed by atoms with E-state index in [0.29, 0.717) is 11.4 Å². The molecule has 1 aliphatic heterocycles. The summed E-state index contributed by atoms with van der Waals surface area (Å²) < 4.78 is 10.7. The summed E-state index contributed by atoms with van der Waals surface area (Å²) >= 11 is 12.4. The van der Waals surface area contributed by atoms with Gasteiger partial charge in [0, 0.05) is 11.3 Å². The van der Waals surface area contributed by atoms with Crippen molar-refractivity contribution in [3.63, 3.8) is 0 Å². The minimum absolute atomic E-state index is 0.127. The van der Waals surface area contributed by atoms with Crippen LogP contribution in [0.3, 0.4) is 0 Å². The molecule has 0 bridgehead atoms. The first-order chi connectivity index (χ1) is 14.8. The molecule has 1 N–H and O–H groups in total. The molecule has 1 aliphatic rings. The molecule has 0 radical (unpaired) electrons. The van der Waals surface area contributed by atoms with Gasteiger partial charge in [0.25, 0.3) is 11.7 Å². The summed E-state index contributed by atoms with van der Waals surface area (Å²) in [5.74, 6) is -1.48. The van der Waals surface area contributed by atoms with Crippen LogP contribution in [0.2, 0.25) is 10.0 Å². The van der Waals surface area contributed by atoms with E-state index in [1.165, 1.54) is 30.4 Å². The summed E-state index contributed by atoms with van der Waals surface area (Å²) in [5, 5.41) is 11.4. The second-order valence-electron chi connectivity index (χ2n) is 6.99. The molecule has 2 heterocycles. The van der Waals surface area contributed by atoms with Gasteiger partial charge >= 0.3 is 0 Å². The van der Waals surface area contributed by atoms with Gasteiger partial charge in [0.05, 0.1) is 29.0 Å². The SMILES string of the molecule is COc1c(Cl)cc(/C(O)=C2/C(=O)C(=O)N(c3ccc(C)cc3)C2c2ccco2)cc1Cl. The van der Waals surface area contributed by atoms with Gasteiger partial charge in [-0.25, -0.2) is 0 Å². The lowest BCUT2D eigenvalue weighted by Gasteiger charge is -2.23. The number of rotatable bonds is 4. The number of aliphatic hydroxyl groups is 1. The van der Waals surface area contributed by atoms with Crippen LogP contribution in [-0.4, -0.2) is 23.9 Å². The van der Waals surface area contributed by atoms with E-state index in [1.54, 1.807) is 24.3 Å². The van der Waals surface area contributed by atoms with Crippen LogP contribution in [0, 0.1) is 6.92 Å². The second kappa shape index (κ2) is 8.13. The molecule has 158 valence electrons. The van der Waals surface area contributed by atoms with E-state index in [-0.39, 0.29) is 26.9 Å². The van der Waals surface area contributed by atoms with Crippen LogP contribution in [-0.2, 0) is 9.59 Å². The smallest absolute Gasteiger partial charge is 0.300 e. The van der Waals surface area contributed by atoms with Crippen LogP contribution in [0.5, 0.6) is 5.75 Å². The van der Waals surface area contributed by atoms with Crippen molar-refractivity contribution in [3.8, 4) is 5.75 Å². The van der Waals surface area contributed by atoms with Gasteiger partial charge in [0.1, 0.15) is 17.6 Å². The number of amides is 1. The summed E-state index contributed by atoms with van der Waals surface area (Å²) in [5.41, 5.74) is 1.54. The Labute approximate surface area is 188 Å². The number of hydrogen-bond donors (Lipinski definition) is 1. The van der Waals surface area contributed by atoms with Gasteiger partial charge in [0.15, 0.2) is 5.75 Å². The van der Waals surface area contributed by atoms with E-state index in [4.69, 9.17) is 32.4 Å². The first kappa shape index (κ1) is 21.0. The number of methoxy groups -OCH3 is 1. The zero-order valence-corrected chi connectivity index (χ0v) is 18.1. The van der Waals surface area contributed by atoms with Crippen molar-refractivity contribution in [2.45, 2.75) is 13.0 Å². The molecule has 1 aromatic heterocycles. The number of hydrogen-bond acceptors (Lipinski definition) is 5. The number of aliphatic hydroxyl groups excluding tert-OH is 1. The van der Waals surface area contributed by atoms with Gasteiger partial charge in [-0.15, -0.1) is 0 Å². The third-order valence-electron chi connectivity index (χ3n) is 5.05. The third-order valence-corrected chi connectivity index (χ3v) is 5.61. The van der Waals surface area contributed by atoms with Crippen LogP contribution in [0.25, 0.3) is 5.76 Å². The summed E-state index contributed by atoms with van der Waals surface area (Å²) in [6.45, 7) is 1.92. The lowest BCUT2D eigenvalue weighted by atomic mass is 9.99. The summed E-state index contributed by atoms with van der Waals surface area (Å²) in [4.78, 5) is 27.3. The summed E-state index contributed by atoms with van der Waals surface area (Å²) in [7, 11) is 1.41. The highest BCUT2D eigenvalue weighted by atomic mass is 35.5. The van der Waals surface area contributed by atoms with Crippen molar-refractivity contribution in [1.29, 1.82) is 0 Å². The maximum atomic E-state index is 13.0. The average Bonchev–Trinajstić information content (AvgIpc) is 3.35.